The smallest absolute Gasteiger partial charge is 0.0670 e. The molecule has 114 valence electrons. The first-order chi connectivity index (χ1) is 9.03. The number of likely N-dealkylation sites (N-methyl/N-ethyl adjacent to an activating group) is 1. The van der Waals surface area contributed by atoms with Gasteiger partial charge in [0.1, 0.15) is 0 Å². The van der Waals surface area contributed by atoms with Crippen LogP contribution < -0.4 is 5.32 Å². The zero-order chi connectivity index (χ0) is 14.4. The van der Waals surface area contributed by atoms with Crippen molar-refractivity contribution in [3.05, 3.63) is 0 Å². The fourth-order valence-electron chi connectivity index (χ4n) is 2.94. The molecule has 2 unspecified atom stereocenters. The van der Waals surface area contributed by atoms with Crippen molar-refractivity contribution in [2.75, 3.05) is 39.4 Å². The van der Waals surface area contributed by atoms with Gasteiger partial charge in [-0.1, -0.05) is 20.8 Å². The Hall–Kier alpha value is -0.160. The minimum absolute atomic E-state index is 0.0941. The summed E-state index contributed by atoms with van der Waals surface area (Å²) >= 11 is 0. The molecule has 0 radical (unpaired) electrons. The number of hydrogen-bond acceptors (Lipinski definition) is 4. The Morgan fingerprint density at radius 1 is 1.26 bits per heavy atom. The van der Waals surface area contributed by atoms with Crippen molar-refractivity contribution in [1.82, 2.24) is 10.2 Å². The summed E-state index contributed by atoms with van der Waals surface area (Å²) in [5, 5.41) is 13.4. The van der Waals surface area contributed by atoms with E-state index in [-0.39, 0.29) is 17.7 Å². The van der Waals surface area contributed by atoms with E-state index in [1.165, 1.54) is 0 Å². The minimum Gasteiger partial charge on any atom is -0.394 e. The van der Waals surface area contributed by atoms with Crippen molar-refractivity contribution < 1.29 is 9.84 Å². The molecule has 0 spiro atoms. The third-order valence-corrected chi connectivity index (χ3v) is 4.62. The van der Waals surface area contributed by atoms with Crippen LogP contribution in [0.4, 0.5) is 0 Å². The SMILES string of the molecule is CCN(CC)CCNC1(CO)CCOC(C)(CC)C1. The molecule has 19 heavy (non-hydrogen) atoms. The lowest BCUT2D eigenvalue weighted by atomic mass is 9.79. The number of aliphatic hydroxyl groups excluding tert-OH is 1. The fraction of sp³-hybridized carbons (Fsp3) is 1.00. The molecule has 0 aliphatic carbocycles. The third-order valence-electron chi connectivity index (χ3n) is 4.62. The van der Waals surface area contributed by atoms with Crippen LogP contribution in [-0.2, 0) is 4.74 Å². The van der Waals surface area contributed by atoms with Gasteiger partial charge in [0.2, 0.25) is 0 Å². The molecule has 2 N–H and O–H groups in total. The van der Waals surface area contributed by atoms with E-state index in [2.05, 4.69) is 37.9 Å². The zero-order valence-electron chi connectivity index (χ0n) is 13.2. The van der Waals surface area contributed by atoms with Crippen molar-refractivity contribution in [2.45, 2.75) is 58.1 Å². The largest absolute Gasteiger partial charge is 0.394 e. The van der Waals surface area contributed by atoms with Gasteiger partial charge in [-0.25, -0.2) is 0 Å². The molecule has 1 heterocycles. The van der Waals surface area contributed by atoms with Crippen LogP contribution in [-0.4, -0.2) is 60.5 Å². The number of ether oxygens (including phenoxy) is 1. The maximum atomic E-state index is 9.82. The van der Waals surface area contributed by atoms with Crippen molar-refractivity contribution in [3.8, 4) is 0 Å². The van der Waals surface area contributed by atoms with Crippen LogP contribution >= 0.6 is 0 Å². The number of aliphatic hydroxyl groups is 1. The highest BCUT2D eigenvalue weighted by atomic mass is 16.5. The van der Waals surface area contributed by atoms with E-state index in [4.69, 9.17) is 4.74 Å². The quantitative estimate of drug-likeness (QED) is 0.705. The van der Waals surface area contributed by atoms with Gasteiger partial charge in [-0.3, -0.25) is 0 Å². The molecular formula is C15H32N2O2. The molecule has 1 fully saturated rings. The van der Waals surface area contributed by atoms with Crippen LogP contribution in [0, 0.1) is 0 Å². The predicted molar refractivity (Wildman–Crippen MR) is 79.5 cm³/mol. The van der Waals surface area contributed by atoms with Gasteiger partial charge in [-0.2, -0.15) is 0 Å². The highest BCUT2D eigenvalue weighted by Gasteiger charge is 2.41. The third kappa shape index (κ3) is 4.71. The first-order valence-electron chi connectivity index (χ1n) is 7.75. The van der Waals surface area contributed by atoms with Gasteiger partial charge in [-0.15, -0.1) is 0 Å². The van der Waals surface area contributed by atoms with Crippen molar-refractivity contribution >= 4 is 0 Å². The highest BCUT2D eigenvalue weighted by molar-refractivity contribution is 4.97. The lowest BCUT2D eigenvalue weighted by Gasteiger charge is -2.46. The Labute approximate surface area is 118 Å². The Morgan fingerprint density at radius 2 is 1.95 bits per heavy atom. The molecule has 0 aromatic carbocycles. The van der Waals surface area contributed by atoms with E-state index in [0.29, 0.717) is 0 Å². The van der Waals surface area contributed by atoms with Gasteiger partial charge in [0.15, 0.2) is 0 Å². The average molecular weight is 272 g/mol. The molecule has 0 aromatic rings. The summed E-state index contributed by atoms with van der Waals surface area (Å²) in [6, 6.07) is 0. The van der Waals surface area contributed by atoms with E-state index >= 15 is 0 Å². The molecule has 1 aliphatic rings. The van der Waals surface area contributed by atoms with Crippen LogP contribution in [0.15, 0.2) is 0 Å². The van der Waals surface area contributed by atoms with Gasteiger partial charge in [0, 0.05) is 25.2 Å². The summed E-state index contributed by atoms with van der Waals surface area (Å²) in [5.41, 5.74) is -0.251. The molecule has 0 saturated carbocycles. The second-order valence-electron chi connectivity index (χ2n) is 5.97. The molecule has 1 rings (SSSR count). The first-order valence-corrected chi connectivity index (χ1v) is 7.75. The van der Waals surface area contributed by atoms with Crippen LogP contribution in [0.5, 0.6) is 0 Å². The topological polar surface area (TPSA) is 44.7 Å². The molecule has 0 bridgehead atoms. The maximum Gasteiger partial charge on any atom is 0.0670 e. The number of hydrogen-bond donors (Lipinski definition) is 2. The monoisotopic (exact) mass is 272 g/mol. The number of nitrogens with one attached hydrogen (secondary N) is 1. The number of nitrogens with zero attached hydrogens (tertiary/aromatic N) is 1. The van der Waals surface area contributed by atoms with Crippen LogP contribution in [0.3, 0.4) is 0 Å². The molecule has 2 atom stereocenters. The molecule has 0 amide bonds. The summed E-state index contributed by atoms with van der Waals surface area (Å²) in [6.45, 7) is 13.8. The Kier molecular flexibility index (Phi) is 6.74. The van der Waals surface area contributed by atoms with Gasteiger partial charge >= 0.3 is 0 Å². The lowest BCUT2D eigenvalue weighted by molar-refractivity contribution is -0.111. The maximum absolute atomic E-state index is 9.82. The second-order valence-corrected chi connectivity index (χ2v) is 5.97. The normalized spacial score (nSPS) is 31.9. The Balaban J connectivity index is 2.51. The standard InChI is InChI=1S/C15H32N2O2/c1-5-14(4)12-15(13-18,8-11-19-14)16-9-10-17(6-2)7-3/h16,18H,5-13H2,1-4H3. The fourth-order valence-corrected chi connectivity index (χ4v) is 2.94. The van der Waals surface area contributed by atoms with E-state index in [1.54, 1.807) is 0 Å². The van der Waals surface area contributed by atoms with E-state index in [1.807, 2.05) is 0 Å². The average Bonchev–Trinajstić information content (AvgIpc) is 2.44. The van der Waals surface area contributed by atoms with Gasteiger partial charge in [-0.05, 0) is 39.3 Å². The van der Waals surface area contributed by atoms with Gasteiger partial charge in [0.25, 0.3) is 0 Å². The second kappa shape index (κ2) is 7.58. The van der Waals surface area contributed by atoms with Crippen molar-refractivity contribution in [1.29, 1.82) is 0 Å². The van der Waals surface area contributed by atoms with Crippen molar-refractivity contribution in [3.63, 3.8) is 0 Å². The Bertz CT molecular complexity index is 259. The molecule has 1 aliphatic heterocycles. The lowest BCUT2D eigenvalue weighted by Crippen LogP contribution is -2.58. The van der Waals surface area contributed by atoms with Crippen LogP contribution in [0.1, 0.15) is 47.0 Å². The molecule has 1 saturated heterocycles. The van der Waals surface area contributed by atoms with E-state index in [0.717, 1.165) is 52.0 Å². The first kappa shape index (κ1) is 16.9. The predicted octanol–water partition coefficient (Wildman–Crippen LogP) is 1.63. The van der Waals surface area contributed by atoms with Crippen molar-refractivity contribution in [2.24, 2.45) is 0 Å². The summed E-state index contributed by atoms with van der Waals surface area (Å²) in [4.78, 5) is 2.40. The summed E-state index contributed by atoms with van der Waals surface area (Å²) < 4.78 is 5.88. The molecular weight excluding hydrogens is 240 g/mol. The highest BCUT2D eigenvalue weighted by Crippen LogP contribution is 2.34. The van der Waals surface area contributed by atoms with Gasteiger partial charge in [0.05, 0.1) is 12.2 Å². The number of rotatable bonds is 8. The van der Waals surface area contributed by atoms with E-state index in [9.17, 15) is 5.11 Å². The minimum atomic E-state index is -0.157. The van der Waals surface area contributed by atoms with Gasteiger partial charge < -0.3 is 20.1 Å². The van der Waals surface area contributed by atoms with E-state index < -0.39 is 0 Å². The summed E-state index contributed by atoms with van der Waals surface area (Å²) in [7, 11) is 0. The molecule has 4 heteroatoms. The zero-order valence-corrected chi connectivity index (χ0v) is 13.2. The molecule has 4 nitrogen and oxygen atoms in total. The van der Waals surface area contributed by atoms with Crippen LogP contribution in [0.2, 0.25) is 0 Å². The molecule has 0 aromatic heterocycles. The summed E-state index contributed by atoms with van der Waals surface area (Å²) in [5.74, 6) is 0. The summed E-state index contributed by atoms with van der Waals surface area (Å²) in [6.07, 6.45) is 2.79. The Morgan fingerprint density at radius 3 is 2.47 bits per heavy atom. The van der Waals surface area contributed by atoms with Crippen LogP contribution in [0.25, 0.3) is 0 Å².